The number of hydrogen-bond donors (Lipinski definition) is 4. The zero-order valence-electron chi connectivity index (χ0n) is 25.1. The van der Waals surface area contributed by atoms with Gasteiger partial charge >= 0.3 is 5.97 Å². The molecule has 246 valence electrons. The quantitative estimate of drug-likeness (QED) is 0.111. The van der Waals surface area contributed by atoms with Gasteiger partial charge in [0.15, 0.2) is 0 Å². The van der Waals surface area contributed by atoms with Crippen molar-refractivity contribution in [2.24, 2.45) is 0 Å². The highest BCUT2D eigenvalue weighted by Gasteiger charge is 2.45. The molecule has 45 heavy (non-hydrogen) atoms. The number of aliphatic carboxylic acids is 1. The molecule has 0 bridgehead atoms. The number of ether oxygens (including phenoxy) is 3. The fourth-order valence-electron chi connectivity index (χ4n) is 4.75. The average Bonchev–Trinajstić information content (AvgIpc) is 3.25. The number of nitrogens with zero attached hydrogens (tertiary/aromatic N) is 1. The number of benzene rings is 1. The number of imide groups is 2. The van der Waals surface area contributed by atoms with E-state index in [-0.39, 0.29) is 60.7 Å². The maximum absolute atomic E-state index is 13.1. The summed E-state index contributed by atoms with van der Waals surface area (Å²) in [7, 11) is 0. The normalized spacial score (nSPS) is 16.0. The SMILES string of the molecule is O=C(O)CCC(=O)NCCCOCCOCCOCCCCCC(=O)Nc1cccc2c1C(=O)N(C1CCC(=O)NC1=O)C2=O. The van der Waals surface area contributed by atoms with E-state index in [1.54, 1.807) is 6.07 Å². The number of unbranched alkanes of at least 4 members (excludes halogenated alkanes) is 2. The Balaban J connectivity index is 1.20. The standard InChI is InChI=1S/C30H40N4O11/c35-23(11-12-26(38)39)31-13-5-15-44-17-19-45-18-16-43-14-3-1-2-8-24(36)32-21-7-4-6-20-27(21)30(42)34(29(20)41)22-9-10-25(37)33-28(22)40/h4,6-7,22H,1-3,5,8-19H2,(H,31,35)(H,32,36)(H,38,39)(H,33,37,40). The minimum Gasteiger partial charge on any atom is -0.481 e. The van der Waals surface area contributed by atoms with Gasteiger partial charge in [-0.25, -0.2) is 0 Å². The van der Waals surface area contributed by atoms with Gasteiger partial charge in [-0.2, -0.15) is 0 Å². The van der Waals surface area contributed by atoms with Crippen molar-refractivity contribution in [3.63, 3.8) is 0 Å². The number of nitrogens with one attached hydrogen (secondary N) is 3. The summed E-state index contributed by atoms with van der Waals surface area (Å²) < 4.78 is 16.4. The number of rotatable bonds is 21. The summed E-state index contributed by atoms with van der Waals surface area (Å²) >= 11 is 0. The highest BCUT2D eigenvalue weighted by Crippen LogP contribution is 2.32. The molecule has 1 fully saturated rings. The van der Waals surface area contributed by atoms with Crippen LogP contribution in [0.5, 0.6) is 0 Å². The van der Waals surface area contributed by atoms with Crippen molar-refractivity contribution in [2.45, 2.75) is 63.8 Å². The van der Waals surface area contributed by atoms with E-state index in [4.69, 9.17) is 19.3 Å². The Kier molecular flexibility index (Phi) is 14.6. The Morgan fingerprint density at radius 1 is 0.822 bits per heavy atom. The van der Waals surface area contributed by atoms with E-state index in [0.717, 1.165) is 17.7 Å². The molecule has 1 unspecified atom stereocenters. The summed E-state index contributed by atoms with van der Waals surface area (Å²) in [6.07, 6.45) is 2.77. The second kappa shape index (κ2) is 18.6. The van der Waals surface area contributed by atoms with E-state index in [0.29, 0.717) is 59.0 Å². The molecule has 1 saturated heterocycles. The summed E-state index contributed by atoms with van der Waals surface area (Å²) in [6, 6.07) is 3.48. The first-order chi connectivity index (χ1) is 21.7. The van der Waals surface area contributed by atoms with Crippen molar-refractivity contribution in [3.05, 3.63) is 29.3 Å². The first-order valence-corrected chi connectivity index (χ1v) is 15.0. The zero-order valence-corrected chi connectivity index (χ0v) is 25.1. The van der Waals surface area contributed by atoms with Gasteiger partial charge in [-0.3, -0.25) is 43.8 Å². The van der Waals surface area contributed by atoms with E-state index in [9.17, 15) is 33.6 Å². The van der Waals surface area contributed by atoms with Gasteiger partial charge in [0.1, 0.15) is 6.04 Å². The van der Waals surface area contributed by atoms with Crippen LogP contribution in [0.4, 0.5) is 5.69 Å². The minimum atomic E-state index is -1.08. The van der Waals surface area contributed by atoms with Crippen LogP contribution in [0.1, 0.15) is 78.5 Å². The second-order valence-electron chi connectivity index (χ2n) is 10.5. The third-order valence-electron chi connectivity index (χ3n) is 7.03. The lowest BCUT2D eigenvalue weighted by Crippen LogP contribution is -2.54. The number of hydrogen-bond acceptors (Lipinski definition) is 10. The third kappa shape index (κ3) is 11.3. The Morgan fingerprint density at radius 3 is 2.20 bits per heavy atom. The number of carbonyl (C=O) groups excluding carboxylic acids is 6. The molecule has 2 aliphatic heterocycles. The molecule has 0 spiro atoms. The summed E-state index contributed by atoms with van der Waals surface area (Å²) in [5, 5.41) is 16.0. The summed E-state index contributed by atoms with van der Waals surface area (Å²) in [4.78, 5) is 85.0. The van der Waals surface area contributed by atoms with Crippen LogP contribution in [-0.4, -0.2) is 104 Å². The van der Waals surface area contributed by atoms with Gasteiger partial charge in [0.05, 0.1) is 49.7 Å². The number of carboxylic acids is 1. The van der Waals surface area contributed by atoms with Crippen molar-refractivity contribution < 1.29 is 52.9 Å². The Hall–Kier alpha value is -4.21. The Labute approximate surface area is 260 Å². The fourth-order valence-corrected chi connectivity index (χ4v) is 4.75. The van der Waals surface area contributed by atoms with Crippen LogP contribution < -0.4 is 16.0 Å². The Bertz CT molecular complexity index is 1250. The van der Waals surface area contributed by atoms with Crippen molar-refractivity contribution >= 4 is 47.1 Å². The van der Waals surface area contributed by atoms with Crippen LogP contribution in [-0.2, 0) is 38.2 Å². The number of fused-ring (bicyclic) bond motifs is 1. The van der Waals surface area contributed by atoms with Crippen LogP contribution >= 0.6 is 0 Å². The maximum Gasteiger partial charge on any atom is 0.303 e. The molecule has 1 aromatic rings. The highest BCUT2D eigenvalue weighted by atomic mass is 16.5. The lowest BCUT2D eigenvalue weighted by Gasteiger charge is -2.27. The molecule has 2 heterocycles. The predicted molar refractivity (Wildman–Crippen MR) is 157 cm³/mol. The van der Waals surface area contributed by atoms with Gasteiger partial charge in [0.2, 0.25) is 23.6 Å². The number of carboxylic acid groups (broad SMARTS) is 1. The largest absolute Gasteiger partial charge is 0.481 e. The lowest BCUT2D eigenvalue weighted by molar-refractivity contribution is -0.139. The van der Waals surface area contributed by atoms with Crippen LogP contribution in [0.2, 0.25) is 0 Å². The molecule has 0 radical (unpaired) electrons. The molecule has 0 aliphatic carbocycles. The number of anilines is 1. The maximum atomic E-state index is 13.1. The monoisotopic (exact) mass is 632 g/mol. The molecule has 0 saturated carbocycles. The molecule has 15 nitrogen and oxygen atoms in total. The Morgan fingerprint density at radius 2 is 1.51 bits per heavy atom. The van der Waals surface area contributed by atoms with Crippen molar-refractivity contribution in [2.75, 3.05) is 51.5 Å². The number of amides is 6. The summed E-state index contributed by atoms with van der Waals surface area (Å²) in [5.74, 6) is -4.06. The van der Waals surface area contributed by atoms with Gasteiger partial charge in [0.25, 0.3) is 11.8 Å². The molecular weight excluding hydrogens is 592 g/mol. The minimum absolute atomic E-state index is 0.0226. The first-order valence-electron chi connectivity index (χ1n) is 15.0. The summed E-state index contributed by atoms with van der Waals surface area (Å²) in [5.41, 5.74) is 0.350. The van der Waals surface area contributed by atoms with Crippen LogP contribution in [0.3, 0.4) is 0 Å². The third-order valence-corrected chi connectivity index (χ3v) is 7.03. The van der Waals surface area contributed by atoms with Gasteiger partial charge in [0, 0.05) is 39.0 Å². The van der Waals surface area contributed by atoms with Gasteiger partial charge in [-0.15, -0.1) is 0 Å². The van der Waals surface area contributed by atoms with Gasteiger partial charge in [-0.05, 0) is 37.8 Å². The second-order valence-corrected chi connectivity index (χ2v) is 10.5. The molecule has 15 heteroatoms. The van der Waals surface area contributed by atoms with E-state index in [2.05, 4.69) is 16.0 Å². The molecule has 2 aliphatic rings. The van der Waals surface area contributed by atoms with E-state index in [1.165, 1.54) is 12.1 Å². The number of piperidine rings is 1. The molecule has 4 N–H and O–H groups in total. The van der Waals surface area contributed by atoms with E-state index < -0.39 is 35.6 Å². The van der Waals surface area contributed by atoms with Gasteiger partial charge in [-0.1, -0.05) is 12.5 Å². The molecule has 1 aromatic carbocycles. The molecule has 0 aromatic heterocycles. The van der Waals surface area contributed by atoms with Crippen molar-refractivity contribution in [1.29, 1.82) is 0 Å². The van der Waals surface area contributed by atoms with E-state index in [1.807, 2.05) is 0 Å². The molecule has 6 amide bonds. The molecular formula is C30H40N4O11. The van der Waals surface area contributed by atoms with Crippen LogP contribution in [0, 0.1) is 0 Å². The zero-order chi connectivity index (χ0) is 32.6. The topological polar surface area (TPSA) is 207 Å². The van der Waals surface area contributed by atoms with Crippen LogP contribution in [0.15, 0.2) is 18.2 Å². The number of carbonyl (C=O) groups is 7. The highest BCUT2D eigenvalue weighted by molar-refractivity contribution is 6.26. The predicted octanol–water partition coefficient (Wildman–Crippen LogP) is 1.01. The van der Waals surface area contributed by atoms with Crippen molar-refractivity contribution in [1.82, 2.24) is 15.5 Å². The summed E-state index contributed by atoms with van der Waals surface area (Å²) in [6.45, 7) is 3.03. The molecule has 3 rings (SSSR count). The van der Waals surface area contributed by atoms with Crippen molar-refractivity contribution in [3.8, 4) is 0 Å². The van der Waals surface area contributed by atoms with E-state index >= 15 is 0 Å². The lowest BCUT2D eigenvalue weighted by atomic mass is 10.0. The first kappa shape index (κ1) is 35.3. The van der Waals surface area contributed by atoms with Gasteiger partial charge < -0.3 is 30.0 Å². The molecule has 1 atom stereocenters. The smallest absolute Gasteiger partial charge is 0.303 e. The fraction of sp³-hybridized carbons (Fsp3) is 0.567. The average molecular weight is 633 g/mol. The van der Waals surface area contributed by atoms with Crippen LogP contribution in [0.25, 0.3) is 0 Å².